The van der Waals surface area contributed by atoms with E-state index < -0.39 is 15.7 Å². The molecule has 2 N–H and O–H groups in total. The molecule has 1 aromatic carbocycles. The Morgan fingerprint density at radius 2 is 1.88 bits per heavy atom. The van der Waals surface area contributed by atoms with Gasteiger partial charge >= 0.3 is 0 Å². The summed E-state index contributed by atoms with van der Waals surface area (Å²) in [6.07, 6.45) is 4.58. The van der Waals surface area contributed by atoms with Crippen LogP contribution >= 0.6 is 24.0 Å². The van der Waals surface area contributed by atoms with Gasteiger partial charge in [0.2, 0.25) is 0 Å². The van der Waals surface area contributed by atoms with E-state index in [1.165, 1.54) is 31.0 Å². The molecule has 0 atom stereocenters. The standard InChI is InChI=1S/C18H28FN3O2S.HI/c1-3-20-18(22-15-10-8-14(2)9-11-15)21-12-13-25(23,24)17-7-5-4-6-16(17)19;/h4-7,14-15H,3,8-13H2,1-2H3,(H2,20,21,22);1H. The maximum atomic E-state index is 13.7. The molecule has 1 aromatic rings. The van der Waals surface area contributed by atoms with Gasteiger partial charge in [-0.3, -0.25) is 4.99 Å². The highest BCUT2D eigenvalue weighted by molar-refractivity contribution is 14.0. The molecule has 0 aliphatic heterocycles. The number of sulfone groups is 1. The number of nitrogens with one attached hydrogen (secondary N) is 2. The van der Waals surface area contributed by atoms with Gasteiger partial charge in [-0.25, -0.2) is 12.8 Å². The van der Waals surface area contributed by atoms with Crippen LogP contribution in [0.1, 0.15) is 39.5 Å². The number of hydrogen-bond donors (Lipinski definition) is 2. The van der Waals surface area contributed by atoms with Crippen LogP contribution in [0.25, 0.3) is 0 Å². The van der Waals surface area contributed by atoms with Gasteiger partial charge in [0.1, 0.15) is 10.7 Å². The van der Waals surface area contributed by atoms with E-state index in [1.54, 1.807) is 0 Å². The molecule has 26 heavy (non-hydrogen) atoms. The van der Waals surface area contributed by atoms with Crippen LogP contribution < -0.4 is 10.6 Å². The number of rotatable bonds is 6. The summed E-state index contributed by atoms with van der Waals surface area (Å²) in [5.41, 5.74) is 0. The number of hydrogen-bond acceptors (Lipinski definition) is 3. The maximum absolute atomic E-state index is 13.7. The van der Waals surface area contributed by atoms with Crippen LogP contribution in [0.5, 0.6) is 0 Å². The first kappa shape index (κ1) is 23.1. The number of guanidine groups is 1. The van der Waals surface area contributed by atoms with Crippen molar-refractivity contribution in [3.8, 4) is 0 Å². The lowest BCUT2D eigenvalue weighted by Gasteiger charge is -2.28. The van der Waals surface area contributed by atoms with Crippen LogP contribution in [0, 0.1) is 11.7 Å². The fourth-order valence-corrected chi connectivity index (χ4v) is 4.20. The molecule has 1 aliphatic carbocycles. The summed E-state index contributed by atoms with van der Waals surface area (Å²) in [4.78, 5) is 4.10. The van der Waals surface area contributed by atoms with Gasteiger partial charge < -0.3 is 10.6 Å². The average Bonchev–Trinajstić information content (AvgIpc) is 2.57. The van der Waals surface area contributed by atoms with Gasteiger partial charge in [-0.2, -0.15) is 0 Å². The van der Waals surface area contributed by atoms with Gasteiger partial charge in [0.05, 0.1) is 12.3 Å². The fourth-order valence-electron chi connectivity index (χ4n) is 3.00. The van der Waals surface area contributed by atoms with Gasteiger partial charge in [-0.15, -0.1) is 24.0 Å². The number of aliphatic imine (C=N–C) groups is 1. The summed E-state index contributed by atoms with van der Waals surface area (Å²) in [5, 5.41) is 6.53. The van der Waals surface area contributed by atoms with Gasteiger partial charge in [0, 0.05) is 12.6 Å². The predicted molar refractivity (Wildman–Crippen MR) is 114 cm³/mol. The Balaban J connectivity index is 0.00000338. The average molecular weight is 497 g/mol. The van der Waals surface area contributed by atoms with E-state index in [0.29, 0.717) is 18.5 Å². The molecule has 1 aliphatic rings. The van der Waals surface area contributed by atoms with Crippen LogP contribution in [0.2, 0.25) is 0 Å². The van der Waals surface area contributed by atoms with Crippen molar-refractivity contribution in [2.24, 2.45) is 10.9 Å². The normalized spacial score (nSPS) is 21.0. The fraction of sp³-hybridized carbons (Fsp3) is 0.611. The SMILES string of the molecule is CCNC(=NCCS(=O)(=O)c1ccccc1F)NC1CCC(C)CC1.I. The van der Waals surface area contributed by atoms with Crippen molar-refractivity contribution in [3.05, 3.63) is 30.1 Å². The third kappa shape index (κ3) is 7.02. The highest BCUT2D eigenvalue weighted by Gasteiger charge is 2.20. The van der Waals surface area contributed by atoms with E-state index >= 15 is 0 Å². The molecule has 0 aromatic heterocycles. The van der Waals surface area contributed by atoms with Crippen LogP contribution in [-0.4, -0.2) is 39.3 Å². The second-order valence-corrected chi connectivity index (χ2v) is 8.69. The van der Waals surface area contributed by atoms with E-state index in [4.69, 9.17) is 0 Å². The Morgan fingerprint density at radius 1 is 1.23 bits per heavy atom. The van der Waals surface area contributed by atoms with Crippen LogP contribution in [0.3, 0.4) is 0 Å². The first-order valence-electron chi connectivity index (χ1n) is 8.94. The van der Waals surface area contributed by atoms with Crippen molar-refractivity contribution in [3.63, 3.8) is 0 Å². The molecule has 0 radical (unpaired) electrons. The van der Waals surface area contributed by atoms with Crippen molar-refractivity contribution in [2.75, 3.05) is 18.8 Å². The van der Waals surface area contributed by atoms with Crippen LogP contribution in [-0.2, 0) is 9.84 Å². The minimum absolute atomic E-state index is 0. The number of benzene rings is 1. The van der Waals surface area contributed by atoms with E-state index in [-0.39, 0.29) is 41.2 Å². The molecule has 0 saturated heterocycles. The Bertz CT molecular complexity index is 689. The summed E-state index contributed by atoms with van der Waals surface area (Å²) in [5.74, 6) is 0.466. The largest absolute Gasteiger partial charge is 0.357 e. The van der Waals surface area contributed by atoms with Crippen molar-refractivity contribution in [1.82, 2.24) is 10.6 Å². The lowest BCUT2D eigenvalue weighted by Crippen LogP contribution is -2.45. The van der Waals surface area contributed by atoms with Crippen molar-refractivity contribution in [2.45, 2.75) is 50.5 Å². The summed E-state index contributed by atoms with van der Waals surface area (Å²) >= 11 is 0. The zero-order chi connectivity index (χ0) is 18.3. The molecule has 148 valence electrons. The van der Waals surface area contributed by atoms with Crippen molar-refractivity contribution in [1.29, 1.82) is 0 Å². The monoisotopic (exact) mass is 497 g/mol. The highest BCUT2D eigenvalue weighted by Crippen LogP contribution is 2.23. The summed E-state index contributed by atoms with van der Waals surface area (Å²) in [7, 11) is -3.68. The van der Waals surface area contributed by atoms with Gasteiger partial charge in [-0.1, -0.05) is 19.1 Å². The molecular formula is C18H29FIN3O2S. The minimum Gasteiger partial charge on any atom is -0.357 e. The molecule has 0 spiro atoms. The second-order valence-electron chi connectivity index (χ2n) is 6.61. The number of nitrogens with zero attached hydrogens (tertiary/aromatic N) is 1. The van der Waals surface area contributed by atoms with Crippen LogP contribution in [0.15, 0.2) is 34.2 Å². The molecule has 1 fully saturated rings. The van der Waals surface area contributed by atoms with Crippen molar-refractivity contribution >= 4 is 39.8 Å². The Kier molecular flexibility index (Phi) is 9.84. The topological polar surface area (TPSA) is 70.6 Å². The first-order valence-corrected chi connectivity index (χ1v) is 10.6. The van der Waals surface area contributed by atoms with E-state index in [0.717, 1.165) is 24.8 Å². The molecule has 2 rings (SSSR count). The summed E-state index contributed by atoms with van der Waals surface area (Å²) < 4.78 is 38.2. The predicted octanol–water partition coefficient (Wildman–Crippen LogP) is 3.35. The lowest BCUT2D eigenvalue weighted by molar-refractivity contribution is 0.329. The molecule has 0 heterocycles. The molecule has 0 bridgehead atoms. The van der Waals surface area contributed by atoms with E-state index in [1.807, 2.05) is 6.92 Å². The molecule has 8 heteroatoms. The molecule has 0 amide bonds. The molecule has 5 nitrogen and oxygen atoms in total. The number of halogens is 2. The Morgan fingerprint density at radius 3 is 2.50 bits per heavy atom. The highest BCUT2D eigenvalue weighted by atomic mass is 127. The first-order chi connectivity index (χ1) is 11.9. The molecule has 1 saturated carbocycles. The van der Waals surface area contributed by atoms with E-state index in [2.05, 4.69) is 22.5 Å². The van der Waals surface area contributed by atoms with Crippen LogP contribution in [0.4, 0.5) is 4.39 Å². The lowest BCUT2D eigenvalue weighted by atomic mass is 9.87. The zero-order valence-electron chi connectivity index (χ0n) is 15.4. The van der Waals surface area contributed by atoms with Gasteiger partial charge in [0.15, 0.2) is 15.8 Å². The quantitative estimate of drug-likeness (QED) is 0.360. The molecular weight excluding hydrogens is 468 g/mol. The maximum Gasteiger partial charge on any atom is 0.191 e. The third-order valence-electron chi connectivity index (χ3n) is 4.50. The minimum atomic E-state index is -3.68. The third-order valence-corrected chi connectivity index (χ3v) is 6.22. The zero-order valence-corrected chi connectivity index (χ0v) is 18.5. The van der Waals surface area contributed by atoms with Crippen molar-refractivity contribution < 1.29 is 12.8 Å². The Labute approximate surface area is 173 Å². The Hall–Kier alpha value is -0.900. The summed E-state index contributed by atoms with van der Waals surface area (Å²) in [6, 6.07) is 5.82. The van der Waals surface area contributed by atoms with Gasteiger partial charge in [0.25, 0.3) is 0 Å². The summed E-state index contributed by atoms with van der Waals surface area (Å²) in [6.45, 7) is 5.03. The van der Waals surface area contributed by atoms with E-state index in [9.17, 15) is 12.8 Å². The molecule has 0 unspecified atom stereocenters. The second kappa shape index (κ2) is 11.1. The van der Waals surface area contributed by atoms with Gasteiger partial charge in [-0.05, 0) is 50.7 Å². The smallest absolute Gasteiger partial charge is 0.191 e.